The molecule has 1 aromatic carbocycles. The number of rotatable bonds is 10. The van der Waals surface area contributed by atoms with E-state index in [0.29, 0.717) is 55.4 Å². The highest BCUT2D eigenvalue weighted by Crippen LogP contribution is 2.26. The van der Waals surface area contributed by atoms with Crippen molar-refractivity contribution in [1.82, 2.24) is 10.2 Å². The molecule has 6 nitrogen and oxygen atoms in total. The second-order valence-electron chi connectivity index (χ2n) is 7.02. The minimum absolute atomic E-state index is 0.0497. The minimum atomic E-state index is -0.109. The van der Waals surface area contributed by atoms with Gasteiger partial charge in [-0.2, -0.15) is 0 Å². The summed E-state index contributed by atoms with van der Waals surface area (Å²) in [6.45, 7) is 5.32. The Hall–Kier alpha value is -1.79. The van der Waals surface area contributed by atoms with E-state index in [4.69, 9.17) is 21.1 Å². The maximum atomic E-state index is 12.8. The van der Waals surface area contributed by atoms with Crippen molar-refractivity contribution in [2.45, 2.75) is 39.0 Å². The topological polar surface area (TPSA) is 67.9 Å². The number of methoxy groups -OCH3 is 1. The first-order valence-electron chi connectivity index (χ1n) is 10.0. The molecule has 0 saturated carbocycles. The number of carbonyl (C=O) groups excluding carboxylic acids is 2. The fourth-order valence-electron chi connectivity index (χ4n) is 3.24. The standard InChI is InChI=1S/C21H31ClN2O4/c1-3-4-13-28-14-5-10-23-20(25)16-8-11-24(12-9-16)21(26)18-15-17(22)6-7-19(18)27-2/h6-7,15-16H,3-5,8-14H2,1-2H3,(H,23,25). The number of nitrogens with zero attached hydrogens (tertiary/aromatic N) is 1. The van der Waals surface area contributed by atoms with E-state index in [9.17, 15) is 9.59 Å². The quantitative estimate of drug-likeness (QED) is 0.599. The van der Waals surface area contributed by atoms with Gasteiger partial charge in [-0.1, -0.05) is 24.9 Å². The zero-order valence-corrected chi connectivity index (χ0v) is 17.6. The highest BCUT2D eigenvalue weighted by molar-refractivity contribution is 6.31. The third kappa shape index (κ3) is 6.67. The fourth-order valence-corrected chi connectivity index (χ4v) is 3.41. The number of benzene rings is 1. The summed E-state index contributed by atoms with van der Waals surface area (Å²) in [5.41, 5.74) is 0.459. The van der Waals surface area contributed by atoms with E-state index in [1.54, 1.807) is 23.1 Å². The fraction of sp³-hybridized carbons (Fsp3) is 0.619. The van der Waals surface area contributed by atoms with Gasteiger partial charge in [-0.15, -0.1) is 0 Å². The van der Waals surface area contributed by atoms with Crippen LogP contribution < -0.4 is 10.1 Å². The molecule has 1 saturated heterocycles. The summed E-state index contributed by atoms with van der Waals surface area (Å²) in [5.74, 6) is 0.421. The average Bonchev–Trinajstić information content (AvgIpc) is 2.72. The predicted molar refractivity (Wildman–Crippen MR) is 110 cm³/mol. The van der Waals surface area contributed by atoms with E-state index < -0.39 is 0 Å². The lowest BCUT2D eigenvalue weighted by molar-refractivity contribution is -0.126. The maximum Gasteiger partial charge on any atom is 0.257 e. The summed E-state index contributed by atoms with van der Waals surface area (Å²) < 4.78 is 10.8. The monoisotopic (exact) mass is 410 g/mol. The molecular formula is C21H31ClN2O4. The van der Waals surface area contributed by atoms with Crippen LogP contribution in [0, 0.1) is 5.92 Å². The van der Waals surface area contributed by atoms with Gasteiger partial charge in [0.1, 0.15) is 5.75 Å². The van der Waals surface area contributed by atoms with Crippen LogP contribution in [0.3, 0.4) is 0 Å². The lowest BCUT2D eigenvalue weighted by Gasteiger charge is -2.31. The molecule has 0 aliphatic carbocycles. The van der Waals surface area contributed by atoms with Crippen LogP contribution >= 0.6 is 11.6 Å². The van der Waals surface area contributed by atoms with E-state index in [2.05, 4.69) is 12.2 Å². The second kappa shape index (κ2) is 11.9. The van der Waals surface area contributed by atoms with Gasteiger partial charge in [0.2, 0.25) is 5.91 Å². The number of piperidine rings is 1. The average molecular weight is 411 g/mol. The molecule has 2 rings (SSSR count). The number of ether oxygens (including phenoxy) is 2. The van der Waals surface area contributed by atoms with Crippen molar-refractivity contribution in [3.8, 4) is 5.75 Å². The Bertz CT molecular complexity index is 645. The smallest absolute Gasteiger partial charge is 0.257 e. The van der Waals surface area contributed by atoms with Gasteiger partial charge in [-0.05, 0) is 43.9 Å². The van der Waals surface area contributed by atoms with Crippen molar-refractivity contribution >= 4 is 23.4 Å². The van der Waals surface area contributed by atoms with Gasteiger partial charge in [0.05, 0.1) is 12.7 Å². The van der Waals surface area contributed by atoms with E-state index in [-0.39, 0.29) is 17.7 Å². The third-order valence-electron chi connectivity index (χ3n) is 4.95. The Morgan fingerprint density at radius 3 is 2.61 bits per heavy atom. The SMILES string of the molecule is CCCCOCCCNC(=O)C1CCN(C(=O)c2cc(Cl)ccc2OC)CC1. The molecule has 1 heterocycles. The lowest BCUT2D eigenvalue weighted by atomic mass is 9.95. The normalized spacial score (nSPS) is 14.8. The molecule has 0 unspecified atom stereocenters. The molecule has 2 amide bonds. The van der Waals surface area contributed by atoms with Crippen LogP contribution in [0.4, 0.5) is 0 Å². The Morgan fingerprint density at radius 2 is 1.93 bits per heavy atom. The summed E-state index contributed by atoms with van der Waals surface area (Å²) in [6.07, 6.45) is 4.34. The van der Waals surface area contributed by atoms with Gasteiger partial charge in [-0.3, -0.25) is 9.59 Å². The van der Waals surface area contributed by atoms with Crippen molar-refractivity contribution in [1.29, 1.82) is 0 Å². The molecule has 1 aliphatic rings. The van der Waals surface area contributed by atoms with Gasteiger partial charge in [0, 0.05) is 43.8 Å². The van der Waals surface area contributed by atoms with Crippen LogP contribution in [0.5, 0.6) is 5.75 Å². The van der Waals surface area contributed by atoms with E-state index in [1.165, 1.54) is 7.11 Å². The van der Waals surface area contributed by atoms with Crippen molar-refractivity contribution in [3.63, 3.8) is 0 Å². The van der Waals surface area contributed by atoms with E-state index >= 15 is 0 Å². The molecule has 156 valence electrons. The largest absolute Gasteiger partial charge is 0.496 e. The van der Waals surface area contributed by atoms with Gasteiger partial charge in [0.15, 0.2) is 0 Å². The van der Waals surface area contributed by atoms with Crippen molar-refractivity contribution < 1.29 is 19.1 Å². The number of hydrogen-bond acceptors (Lipinski definition) is 4. The van der Waals surface area contributed by atoms with Gasteiger partial charge < -0.3 is 19.7 Å². The number of carbonyl (C=O) groups is 2. The minimum Gasteiger partial charge on any atom is -0.496 e. The van der Waals surface area contributed by atoms with Gasteiger partial charge >= 0.3 is 0 Å². The number of likely N-dealkylation sites (tertiary alicyclic amines) is 1. The molecule has 0 radical (unpaired) electrons. The van der Waals surface area contributed by atoms with Crippen LogP contribution in [-0.2, 0) is 9.53 Å². The lowest BCUT2D eigenvalue weighted by Crippen LogP contribution is -2.43. The Kier molecular flexibility index (Phi) is 9.58. The molecule has 0 bridgehead atoms. The number of halogens is 1. The van der Waals surface area contributed by atoms with Gasteiger partial charge in [-0.25, -0.2) is 0 Å². The zero-order valence-electron chi connectivity index (χ0n) is 16.8. The molecular weight excluding hydrogens is 380 g/mol. The molecule has 28 heavy (non-hydrogen) atoms. The number of unbranched alkanes of at least 4 members (excludes halogenated alkanes) is 1. The summed E-state index contributed by atoms with van der Waals surface area (Å²) in [7, 11) is 1.53. The van der Waals surface area contributed by atoms with E-state index in [1.807, 2.05) is 0 Å². The molecule has 1 N–H and O–H groups in total. The predicted octanol–water partition coefficient (Wildman–Crippen LogP) is 3.52. The highest BCUT2D eigenvalue weighted by atomic mass is 35.5. The van der Waals surface area contributed by atoms with Gasteiger partial charge in [0.25, 0.3) is 5.91 Å². The Balaban J connectivity index is 1.74. The molecule has 0 atom stereocenters. The van der Waals surface area contributed by atoms with Crippen LogP contribution in [0.25, 0.3) is 0 Å². The summed E-state index contributed by atoms with van der Waals surface area (Å²) in [5, 5.41) is 3.48. The van der Waals surface area contributed by atoms with Crippen molar-refractivity contribution in [2.75, 3.05) is 40.0 Å². The Labute approximate surface area is 172 Å². The second-order valence-corrected chi connectivity index (χ2v) is 7.46. The molecule has 1 aliphatic heterocycles. The van der Waals surface area contributed by atoms with Crippen molar-refractivity contribution in [2.24, 2.45) is 5.92 Å². The number of amides is 2. The zero-order chi connectivity index (χ0) is 20.4. The molecule has 1 fully saturated rings. The van der Waals surface area contributed by atoms with Crippen LogP contribution in [0.1, 0.15) is 49.4 Å². The first-order valence-corrected chi connectivity index (χ1v) is 10.4. The number of hydrogen-bond donors (Lipinski definition) is 1. The van der Waals surface area contributed by atoms with Crippen LogP contribution in [0.2, 0.25) is 5.02 Å². The molecule has 0 spiro atoms. The summed E-state index contributed by atoms with van der Waals surface area (Å²) >= 11 is 6.03. The maximum absolute atomic E-state index is 12.8. The van der Waals surface area contributed by atoms with Crippen LogP contribution in [0.15, 0.2) is 18.2 Å². The third-order valence-corrected chi connectivity index (χ3v) is 5.19. The van der Waals surface area contributed by atoms with E-state index in [0.717, 1.165) is 25.9 Å². The highest BCUT2D eigenvalue weighted by Gasteiger charge is 2.28. The summed E-state index contributed by atoms with van der Waals surface area (Å²) in [4.78, 5) is 26.9. The number of nitrogens with one attached hydrogen (secondary N) is 1. The first-order chi connectivity index (χ1) is 13.6. The Morgan fingerprint density at radius 1 is 1.21 bits per heavy atom. The summed E-state index contributed by atoms with van der Waals surface area (Å²) in [6, 6.07) is 5.02. The molecule has 0 aromatic heterocycles. The molecule has 1 aromatic rings. The van der Waals surface area contributed by atoms with Crippen molar-refractivity contribution in [3.05, 3.63) is 28.8 Å². The molecule has 7 heteroatoms. The van der Waals surface area contributed by atoms with Crippen LogP contribution in [-0.4, -0.2) is 56.7 Å². The first kappa shape index (κ1) is 22.5.